The molecule has 0 aliphatic carbocycles. The summed E-state index contributed by atoms with van der Waals surface area (Å²) in [5.41, 5.74) is 1.47. The van der Waals surface area contributed by atoms with E-state index in [1.54, 1.807) is 25.3 Å². The Balaban J connectivity index is 0.00000480. The van der Waals surface area contributed by atoms with Crippen LogP contribution < -0.4 is 24.8 Å². The smallest absolute Gasteiger partial charge is 0.422 e. The highest BCUT2D eigenvalue weighted by Crippen LogP contribution is 2.30. The van der Waals surface area contributed by atoms with Gasteiger partial charge in [0.25, 0.3) is 0 Å². The number of hydrogen-bond acceptors (Lipinski definition) is 5. The van der Waals surface area contributed by atoms with Gasteiger partial charge in [0.2, 0.25) is 5.88 Å². The number of pyridine rings is 1. The standard InChI is InChI=1S/C20H25F3N4O3.HI/c1-4-24-19(27-15-7-8-16(29-5-2)17(10-15)28-3)26-12-14-6-9-18(25-11-14)30-13-20(21,22)23;/h6-11H,4-5,12-13H2,1-3H3,(H2,24,26,27);1H. The molecule has 0 unspecified atom stereocenters. The molecule has 0 saturated carbocycles. The van der Waals surface area contributed by atoms with Crippen LogP contribution in [0.4, 0.5) is 18.9 Å². The zero-order chi connectivity index (χ0) is 22.0. The van der Waals surface area contributed by atoms with E-state index in [2.05, 4.69) is 25.3 Å². The molecule has 0 bridgehead atoms. The van der Waals surface area contributed by atoms with Crippen LogP contribution in [0.3, 0.4) is 0 Å². The molecule has 0 aliphatic rings. The molecule has 2 aromatic rings. The number of halogens is 4. The monoisotopic (exact) mass is 554 g/mol. The summed E-state index contributed by atoms with van der Waals surface area (Å²) in [6, 6.07) is 8.44. The zero-order valence-corrected chi connectivity index (χ0v) is 19.8. The van der Waals surface area contributed by atoms with Crippen molar-refractivity contribution in [3.05, 3.63) is 42.1 Å². The minimum atomic E-state index is -4.40. The fourth-order valence-electron chi connectivity index (χ4n) is 2.38. The summed E-state index contributed by atoms with van der Waals surface area (Å²) in [5.74, 6) is 1.68. The van der Waals surface area contributed by atoms with Gasteiger partial charge in [-0.15, -0.1) is 24.0 Å². The van der Waals surface area contributed by atoms with E-state index in [1.165, 1.54) is 12.3 Å². The molecule has 0 fully saturated rings. The van der Waals surface area contributed by atoms with Crippen LogP contribution in [0, 0.1) is 0 Å². The third-order valence-corrected chi connectivity index (χ3v) is 3.67. The van der Waals surface area contributed by atoms with E-state index in [1.807, 2.05) is 19.9 Å². The van der Waals surface area contributed by atoms with Crippen molar-refractivity contribution in [3.63, 3.8) is 0 Å². The van der Waals surface area contributed by atoms with Crippen LogP contribution in [0.25, 0.3) is 0 Å². The number of nitrogens with one attached hydrogen (secondary N) is 2. The third-order valence-electron chi connectivity index (χ3n) is 3.67. The Morgan fingerprint density at radius 1 is 1.10 bits per heavy atom. The molecule has 0 amide bonds. The Kier molecular flexibility index (Phi) is 11.2. The van der Waals surface area contributed by atoms with Gasteiger partial charge in [-0.05, 0) is 31.5 Å². The van der Waals surface area contributed by atoms with Gasteiger partial charge >= 0.3 is 6.18 Å². The zero-order valence-electron chi connectivity index (χ0n) is 17.5. The largest absolute Gasteiger partial charge is 0.493 e. The van der Waals surface area contributed by atoms with Crippen LogP contribution in [0.1, 0.15) is 19.4 Å². The van der Waals surface area contributed by atoms with Gasteiger partial charge < -0.3 is 24.8 Å². The van der Waals surface area contributed by atoms with Crippen LogP contribution in [0.5, 0.6) is 17.4 Å². The molecule has 1 aromatic heterocycles. The Labute approximate surface area is 196 Å². The van der Waals surface area contributed by atoms with Gasteiger partial charge in [-0.25, -0.2) is 9.98 Å². The lowest BCUT2D eigenvalue weighted by Crippen LogP contribution is -2.30. The Bertz CT molecular complexity index is 833. The number of aliphatic imine (C=N–C) groups is 1. The number of alkyl halides is 3. The summed E-state index contributed by atoms with van der Waals surface area (Å²) in [6.07, 6.45) is -2.97. The quantitative estimate of drug-likeness (QED) is 0.268. The van der Waals surface area contributed by atoms with Gasteiger partial charge in [0.1, 0.15) is 0 Å². The third kappa shape index (κ3) is 9.49. The van der Waals surface area contributed by atoms with Crippen molar-refractivity contribution in [2.24, 2.45) is 4.99 Å². The molecule has 0 atom stereocenters. The second-order valence-corrected chi connectivity index (χ2v) is 6.03. The van der Waals surface area contributed by atoms with Crippen LogP contribution >= 0.6 is 24.0 Å². The summed E-state index contributed by atoms with van der Waals surface area (Å²) in [4.78, 5) is 8.35. The first-order valence-corrected chi connectivity index (χ1v) is 9.35. The van der Waals surface area contributed by atoms with E-state index < -0.39 is 12.8 Å². The molecule has 1 aromatic carbocycles. The van der Waals surface area contributed by atoms with E-state index in [9.17, 15) is 13.2 Å². The first kappa shape index (κ1) is 26.6. The lowest BCUT2D eigenvalue weighted by atomic mass is 10.2. The molecule has 31 heavy (non-hydrogen) atoms. The van der Waals surface area contributed by atoms with Crippen molar-refractivity contribution < 1.29 is 27.4 Å². The summed E-state index contributed by atoms with van der Waals surface area (Å²) in [7, 11) is 1.57. The van der Waals surface area contributed by atoms with Crippen molar-refractivity contribution >= 4 is 35.6 Å². The average molecular weight is 554 g/mol. The molecule has 172 valence electrons. The fourth-order valence-corrected chi connectivity index (χ4v) is 2.38. The van der Waals surface area contributed by atoms with Crippen molar-refractivity contribution in [1.82, 2.24) is 10.3 Å². The molecular weight excluding hydrogens is 528 g/mol. The number of ether oxygens (including phenoxy) is 3. The van der Waals surface area contributed by atoms with Gasteiger partial charge in [-0.1, -0.05) is 6.07 Å². The maximum absolute atomic E-state index is 12.2. The summed E-state index contributed by atoms with van der Waals surface area (Å²) >= 11 is 0. The minimum absolute atomic E-state index is 0. The van der Waals surface area contributed by atoms with Gasteiger partial charge in [0.05, 0.1) is 20.3 Å². The Morgan fingerprint density at radius 2 is 1.87 bits per heavy atom. The molecule has 2 N–H and O–H groups in total. The van der Waals surface area contributed by atoms with Crippen LogP contribution in [-0.4, -0.2) is 44.0 Å². The minimum Gasteiger partial charge on any atom is -0.493 e. The predicted molar refractivity (Wildman–Crippen MR) is 124 cm³/mol. The first-order chi connectivity index (χ1) is 14.3. The van der Waals surface area contributed by atoms with Crippen molar-refractivity contribution in [3.8, 4) is 17.4 Å². The first-order valence-electron chi connectivity index (χ1n) is 9.35. The highest BCUT2D eigenvalue weighted by molar-refractivity contribution is 14.0. The number of nitrogens with zero attached hydrogens (tertiary/aromatic N) is 2. The van der Waals surface area contributed by atoms with Crippen LogP contribution in [0.2, 0.25) is 0 Å². The SMILES string of the molecule is CCNC(=NCc1ccc(OCC(F)(F)F)nc1)Nc1ccc(OCC)c(OC)c1.I. The number of anilines is 1. The maximum atomic E-state index is 12.2. The van der Waals surface area contributed by atoms with Crippen LogP contribution in [0.15, 0.2) is 41.5 Å². The summed E-state index contributed by atoms with van der Waals surface area (Å²) in [5, 5.41) is 6.30. The molecule has 7 nitrogen and oxygen atoms in total. The molecule has 0 saturated heterocycles. The van der Waals surface area contributed by atoms with Crippen molar-refractivity contribution in [2.45, 2.75) is 26.6 Å². The van der Waals surface area contributed by atoms with Gasteiger partial charge in [-0.3, -0.25) is 0 Å². The van der Waals surface area contributed by atoms with E-state index in [0.717, 1.165) is 11.3 Å². The summed E-state index contributed by atoms with van der Waals surface area (Å²) in [6.45, 7) is 3.90. The topological polar surface area (TPSA) is 77.0 Å². The number of benzene rings is 1. The van der Waals surface area contributed by atoms with Crippen molar-refractivity contribution in [2.75, 3.05) is 32.2 Å². The summed E-state index contributed by atoms with van der Waals surface area (Å²) < 4.78 is 52.0. The molecule has 0 spiro atoms. The van der Waals surface area contributed by atoms with Gasteiger partial charge in [-0.2, -0.15) is 13.2 Å². The number of aromatic nitrogens is 1. The van der Waals surface area contributed by atoms with E-state index in [4.69, 9.17) is 9.47 Å². The molecule has 0 radical (unpaired) electrons. The van der Waals surface area contributed by atoms with E-state index >= 15 is 0 Å². The fraction of sp³-hybridized carbons (Fsp3) is 0.400. The lowest BCUT2D eigenvalue weighted by Gasteiger charge is -2.14. The van der Waals surface area contributed by atoms with Crippen LogP contribution in [-0.2, 0) is 6.54 Å². The number of methoxy groups -OCH3 is 1. The predicted octanol–water partition coefficient (Wildman–Crippen LogP) is 4.63. The normalized spacial score (nSPS) is 11.4. The van der Waals surface area contributed by atoms with Gasteiger partial charge in [0, 0.05) is 30.6 Å². The second kappa shape index (κ2) is 13.1. The molecule has 1 heterocycles. The highest BCUT2D eigenvalue weighted by Gasteiger charge is 2.28. The number of rotatable bonds is 9. The van der Waals surface area contributed by atoms with E-state index in [-0.39, 0.29) is 36.4 Å². The second-order valence-electron chi connectivity index (χ2n) is 6.03. The highest BCUT2D eigenvalue weighted by atomic mass is 127. The number of hydrogen-bond donors (Lipinski definition) is 2. The Morgan fingerprint density at radius 3 is 2.45 bits per heavy atom. The molecule has 11 heteroatoms. The van der Waals surface area contributed by atoms with Gasteiger partial charge in [0.15, 0.2) is 24.1 Å². The number of guanidine groups is 1. The molecule has 0 aliphatic heterocycles. The Hall–Kier alpha value is -2.44. The van der Waals surface area contributed by atoms with E-state index in [0.29, 0.717) is 30.6 Å². The van der Waals surface area contributed by atoms with Crippen molar-refractivity contribution in [1.29, 1.82) is 0 Å². The molecular formula is C20H26F3IN4O3. The lowest BCUT2D eigenvalue weighted by molar-refractivity contribution is -0.154. The molecule has 2 rings (SSSR count). The average Bonchev–Trinajstić information content (AvgIpc) is 2.72. The maximum Gasteiger partial charge on any atom is 0.422 e.